The number of unbranched alkanes of at least 4 members (excludes halogenated alkanes) is 5. The Bertz CT molecular complexity index is 679. The zero-order chi connectivity index (χ0) is 22.2. The Morgan fingerprint density at radius 3 is 2.47 bits per heavy atom. The lowest BCUT2D eigenvalue weighted by atomic mass is 9.65. The highest BCUT2D eigenvalue weighted by atomic mass is 16.5. The topological polar surface area (TPSA) is 9.23 Å². The molecule has 3 aliphatic carbocycles. The Balaban J connectivity index is 1.24. The van der Waals surface area contributed by atoms with Gasteiger partial charge in [0.05, 0.1) is 6.10 Å². The molecule has 0 heterocycles. The molecule has 2 saturated carbocycles. The van der Waals surface area contributed by atoms with Gasteiger partial charge in [-0.3, -0.25) is 0 Å². The third-order valence-corrected chi connectivity index (χ3v) is 9.16. The number of benzene rings is 1. The van der Waals surface area contributed by atoms with Gasteiger partial charge in [0.25, 0.3) is 0 Å². The number of aryl methyl sites for hydroxylation is 1. The van der Waals surface area contributed by atoms with Gasteiger partial charge in [-0.1, -0.05) is 77.0 Å². The normalized spacial score (nSPS) is 30.0. The quantitative estimate of drug-likeness (QED) is 0.313. The molecule has 0 amide bonds. The summed E-state index contributed by atoms with van der Waals surface area (Å²) in [5.74, 6) is 3.64. The largest absolute Gasteiger partial charge is 0.378 e. The highest BCUT2D eigenvalue weighted by Crippen LogP contribution is 2.47. The van der Waals surface area contributed by atoms with Crippen LogP contribution in [0.15, 0.2) is 18.2 Å². The first-order valence-electron chi connectivity index (χ1n) is 14.5. The molecule has 1 heteroatoms. The summed E-state index contributed by atoms with van der Waals surface area (Å²) in [6.07, 6.45) is 23.9. The Morgan fingerprint density at radius 2 is 1.59 bits per heavy atom. The summed E-state index contributed by atoms with van der Waals surface area (Å²) in [4.78, 5) is 0. The molecule has 0 N–H and O–H groups in total. The van der Waals surface area contributed by atoms with E-state index in [0.717, 1.165) is 30.3 Å². The lowest BCUT2D eigenvalue weighted by Crippen LogP contribution is -2.34. The molecular weight excluding hydrogens is 388 g/mol. The Labute approximate surface area is 199 Å². The number of hydrogen-bond donors (Lipinski definition) is 0. The van der Waals surface area contributed by atoms with Gasteiger partial charge in [-0.2, -0.15) is 0 Å². The van der Waals surface area contributed by atoms with Crippen LogP contribution in [0.2, 0.25) is 0 Å². The molecule has 32 heavy (non-hydrogen) atoms. The molecule has 0 radical (unpaired) electrons. The molecular formula is C31H50O. The molecule has 2 fully saturated rings. The van der Waals surface area contributed by atoms with Gasteiger partial charge < -0.3 is 4.74 Å². The van der Waals surface area contributed by atoms with E-state index in [1.807, 2.05) is 0 Å². The summed E-state index contributed by atoms with van der Waals surface area (Å²) in [5.41, 5.74) is 5.03. The Hall–Kier alpha value is -0.820. The predicted molar refractivity (Wildman–Crippen MR) is 137 cm³/mol. The van der Waals surface area contributed by atoms with Crippen molar-refractivity contribution >= 4 is 0 Å². The first-order valence-corrected chi connectivity index (χ1v) is 14.5. The van der Waals surface area contributed by atoms with Gasteiger partial charge in [-0.25, -0.2) is 0 Å². The summed E-state index contributed by atoms with van der Waals surface area (Å²) in [6.45, 7) is 5.60. The zero-order valence-corrected chi connectivity index (χ0v) is 21.3. The molecule has 1 aromatic rings. The molecule has 1 aromatic carbocycles. The molecule has 4 rings (SSSR count). The summed E-state index contributed by atoms with van der Waals surface area (Å²) >= 11 is 0. The highest BCUT2D eigenvalue weighted by molar-refractivity contribution is 5.36. The second-order valence-corrected chi connectivity index (χ2v) is 11.5. The van der Waals surface area contributed by atoms with E-state index in [-0.39, 0.29) is 0 Å². The molecule has 1 nitrogen and oxygen atoms in total. The van der Waals surface area contributed by atoms with Crippen molar-refractivity contribution < 1.29 is 4.74 Å². The van der Waals surface area contributed by atoms with Crippen molar-refractivity contribution in [1.29, 1.82) is 0 Å². The summed E-state index contributed by atoms with van der Waals surface area (Å²) < 4.78 is 6.29. The van der Waals surface area contributed by atoms with Crippen molar-refractivity contribution in [1.82, 2.24) is 0 Å². The van der Waals surface area contributed by atoms with Gasteiger partial charge in [0.2, 0.25) is 0 Å². The third-order valence-electron chi connectivity index (χ3n) is 9.16. The molecule has 5 unspecified atom stereocenters. The fourth-order valence-corrected chi connectivity index (χ4v) is 7.11. The van der Waals surface area contributed by atoms with Crippen LogP contribution >= 0.6 is 0 Å². The molecule has 5 atom stereocenters. The Morgan fingerprint density at radius 1 is 0.781 bits per heavy atom. The van der Waals surface area contributed by atoms with E-state index in [1.54, 1.807) is 16.7 Å². The van der Waals surface area contributed by atoms with Crippen LogP contribution in [-0.4, -0.2) is 12.7 Å². The molecule has 0 saturated heterocycles. The summed E-state index contributed by atoms with van der Waals surface area (Å²) in [6, 6.07) is 7.67. The predicted octanol–water partition coefficient (Wildman–Crippen LogP) is 9.02. The SMILES string of the molecule is CCCCCCOC1CCC2CC(c3ccc4c(c3)CCC(CCCCC)C4)CCC2C1. The van der Waals surface area contributed by atoms with Crippen molar-refractivity contribution in [2.45, 2.75) is 135 Å². The van der Waals surface area contributed by atoms with E-state index in [0.29, 0.717) is 6.10 Å². The van der Waals surface area contributed by atoms with Crippen molar-refractivity contribution in [2.75, 3.05) is 6.61 Å². The molecule has 0 aliphatic heterocycles. The zero-order valence-electron chi connectivity index (χ0n) is 21.3. The minimum atomic E-state index is 0.559. The maximum absolute atomic E-state index is 6.29. The van der Waals surface area contributed by atoms with Crippen molar-refractivity contribution in [2.24, 2.45) is 17.8 Å². The third kappa shape index (κ3) is 6.62. The number of rotatable bonds is 11. The first kappa shape index (κ1) is 24.3. The minimum absolute atomic E-state index is 0.559. The Kier molecular flexibility index (Phi) is 9.56. The van der Waals surface area contributed by atoms with Crippen LogP contribution in [0.5, 0.6) is 0 Å². The van der Waals surface area contributed by atoms with Crippen molar-refractivity contribution in [3.63, 3.8) is 0 Å². The van der Waals surface area contributed by atoms with Crippen LogP contribution in [0.25, 0.3) is 0 Å². The van der Waals surface area contributed by atoms with Crippen LogP contribution in [-0.2, 0) is 17.6 Å². The second kappa shape index (κ2) is 12.6. The average molecular weight is 439 g/mol. The highest BCUT2D eigenvalue weighted by Gasteiger charge is 2.36. The second-order valence-electron chi connectivity index (χ2n) is 11.5. The van der Waals surface area contributed by atoms with Crippen molar-refractivity contribution in [3.8, 4) is 0 Å². The molecule has 0 bridgehead atoms. The van der Waals surface area contributed by atoms with E-state index >= 15 is 0 Å². The van der Waals surface area contributed by atoms with Crippen LogP contribution < -0.4 is 0 Å². The van der Waals surface area contributed by atoms with Crippen LogP contribution in [0.3, 0.4) is 0 Å². The maximum atomic E-state index is 6.29. The summed E-state index contributed by atoms with van der Waals surface area (Å²) in [7, 11) is 0. The van der Waals surface area contributed by atoms with E-state index in [1.165, 1.54) is 109 Å². The molecule has 0 aromatic heterocycles. The lowest BCUT2D eigenvalue weighted by Gasteiger charge is -2.42. The van der Waals surface area contributed by atoms with E-state index < -0.39 is 0 Å². The fraction of sp³-hybridized carbons (Fsp3) is 0.806. The van der Waals surface area contributed by atoms with Gasteiger partial charge >= 0.3 is 0 Å². The number of hydrogen-bond acceptors (Lipinski definition) is 1. The minimum Gasteiger partial charge on any atom is -0.378 e. The van der Waals surface area contributed by atoms with Gasteiger partial charge in [0.15, 0.2) is 0 Å². The smallest absolute Gasteiger partial charge is 0.0578 e. The molecule has 180 valence electrons. The average Bonchev–Trinajstić information content (AvgIpc) is 2.83. The van der Waals surface area contributed by atoms with Gasteiger partial charge in [-0.05, 0) is 105 Å². The lowest BCUT2D eigenvalue weighted by molar-refractivity contribution is -0.0163. The van der Waals surface area contributed by atoms with E-state index in [2.05, 4.69) is 32.0 Å². The van der Waals surface area contributed by atoms with E-state index in [4.69, 9.17) is 4.74 Å². The van der Waals surface area contributed by atoms with Gasteiger partial charge in [0.1, 0.15) is 0 Å². The molecule has 0 spiro atoms. The summed E-state index contributed by atoms with van der Waals surface area (Å²) in [5, 5.41) is 0. The monoisotopic (exact) mass is 438 g/mol. The first-order chi connectivity index (χ1) is 15.8. The van der Waals surface area contributed by atoms with Crippen LogP contribution in [0.1, 0.15) is 133 Å². The van der Waals surface area contributed by atoms with Gasteiger partial charge in [-0.15, -0.1) is 0 Å². The molecule has 3 aliphatic rings. The fourth-order valence-electron chi connectivity index (χ4n) is 7.11. The number of ether oxygens (including phenoxy) is 1. The van der Waals surface area contributed by atoms with Gasteiger partial charge in [0, 0.05) is 6.61 Å². The van der Waals surface area contributed by atoms with Crippen LogP contribution in [0, 0.1) is 17.8 Å². The van der Waals surface area contributed by atoms with Crippen LogP contribution in [0.4, 0.5) is 0 Å². The number of fused-ring (bicyclic) bond motifs is 2. The standard InChI is InChI=1S/C31H50O/c1-3-5-7-9-19-32-31-18-17-29-22-28(15-16-30(29)23-31)27-14-13-25-20-24(10-8-6-4-2)11-12-26(25)21-27/h13-14,21,24,28-31H,3-12,15-20,22-23H2,1-2H3. The maximum Gasteiger partial charge on any atom is 0.0578 e. The van der Waals surface area contributed by atoms with Crippen molar-refractivity contribution in [3.05, 3.63) is 34.9 Å². The van der Waals surface area contributed by atoms with E-state index in [9.17, 15) is 0 Å².